The summed E-state index contributed by atoms with van der Waals surface area (Å²) >= 11 is 12.0. The van der Waals surface area contributed by atoms with E-state index in [4.69, 9.17) is 23.2 Å². The lowest BCUT2D eigenvalue weighted by Gasteiger charge is -2.19. The van der Waals surface area contributed by atoms with Gasteiger partial charge < -0.3 is 5.32 Å². The molecule has 0 radical (unpaired) electrons. The Morgan fingerprint density at radius 3 is 2.35 bits per heavy atom. The van der Waals surface area contributed by atoms with Crippen LogP contribution in [0.5, 0.6) is 0 Å². The molecule has 1 unspecified atom stereocenters. The second kappa shape index (κ2) is 5.77. The Balaban J connectivity index is 1.67. The summed E-state index contributed by atoms with van der Waals surface area (Å²) in [5, 5.41) is 5.30. The van der Waals surface area contributed by atoms with Gasteiger partial charge in [-0.05, 0) is 60.7 Å². The van der Waals surface area contributed by atoms with Crippen LogP contribution in [0.4, 0.5) is 0 Å². The van der Waals surface area contributed by atoms with Crippen LogP contribution in [0.3, 0.4) is 0 Å². The normalized spacial score (nSPS) is 18.9. The number of fused-ring (bicyclic) bond motifs is 1. The van der Waals surface area contributed by atoms with E-state index in [-0.39, 0.29) is 0 Å². The second-order valence-corrected chi connectivity index (χ2v) is 6.33. The standard InChI is InChI=1S/C17H17Cl2N/c1-11(12-2-5-15(18)6-3-12)20-17-9-13-4-7-16(19)8-14(13)10-17/h2-8,11,17,20H,9-10H2,1H3/t11-,17?/m0/s1. The van der Waals surface area contributed by atoms with Crippen LogP contribution in [-0.2, 0) is 12.8 Å². The molecule has 3 rings (SSSR count). The zero-order valence-corrected chi connectivity index (χ0v) is 12.9. The Kier molecular flexibility index (Phi) is 4.02. The van der Waals surface area contributed by atoms with Crippen molar-refractivity contribution >= 4 is 23.2 Å². The summed E-state index contributed by atoms with van der Waals surface area (Å²) < 4.78 is 0. The van der Waals surface area contributed by atoms with Gasteiger partial charge in [-0.25, -0.2) is 0 Å². The van der Waals surface area contributed by atoms with E-state index in [1.807, 2.05) is 18.2 Å². The first-order chi connectivity index (χ1) is 9.61. The van der Waals surface area contributed by atoms with E-state index in [1.54, 1.807) is 0 Å². The van der Waals surface area contributed by atoms with Crippen molar-refractivity contribution in [1.82, 2.24) is 5.32 Å². The molecule has 2 aromatic rings. The Bertz CT molecular complexity index is 607. The van der Waals surface area contributed by atoms with Crippen LogP contribution in [0.25, 0.3) is 0 Å². The quantitative estimate of drug-likeness (QED) is 0.858. The number of rotatable bonds is 3. The summed E-state index contributed by atoms with van der Waals surface area (Å²) in [6.07, 6.45) is 2.12. The molecule has 3 heteroatoms. The van der Waals surface area contributed by atoms with Gasteiger partial charge in [-0.15, -0.1) is 0 Å². The van der Waals surface area contributed by atoms with Crippen molar-refractivity contribution in [2.24, 2.45) is 0 Å². The average molecular weight is 306 g/mol. The van der Waals surface area contributed by atoms with Gasteiger partial charge in [0.15, 0.2) is 0 Å². The maximum atomic E-state index is 6.05. The van der Waals surface area contributed by atoms with Crippen LogP contribution in [0.2, 0.25) is 10.0 Å². The maximum absolute atomic E-state index is 6.05. The molecule has 1 nitrogen and oxygen atoms in total. The van der Waals surface area contributed by atoms with E-state index in [1.165, 1.54) is 16.7 Å². The summed E-state index contributed by atoms with van der Waals surface area (Å²) in [7, 11) is 0. The fraction of sp³-hybridized carbons (Fsp3) is 0.294. The predicted octanol–water partition coefficient (Wildman–Crippen LogP) is 4.81. The van der Waals surface area contributed by atoms with Crippen LogP contribution in [0, 0.1) is 0 Å². The Labute approximate surface area is 129 Å². The lowest BCUT2D eigenvalue weighted by Crippen LogP contribution is -2.32. The van der Waals surface area contributed by atoms with E-state index < -0.39 is 0 Å². The molecule has 104 valence electrons. The number of benzene rings is 2. The molecule has 0 aliphatic heterocycles. The number of hydrogen-bond donors (Lipinski definition) is 1. The third-order valence-electron chi connectivity index (χ3n) is 3.96. The Morgan fingerprint density at radius 1 is 0.950 bits per heavy atom. The van der Waals surface area contributed by atoms with Crippen LogP contribution in [-0.4, -0.2) is 6.04 Å². The topological polar surface area (TPSA) is 12.0 Å². The number of halogens is 2. The number of hydrogen-bond acceptors (Lipinski definition) is 1. The lowest BCUT2D eigenvalue weighted by atomic mass is 10.1. The SMILES string of the molecule is C[C@H](NC1Cc2ccc(Cl)cc2C1)c1ccc(Cl)cc1. The summed E-state index contributed by atoms with van der Waals surface area (Å²) in [6, 6.07) is 15.1. The van der Waals surface area contributed by atoms with Gasteiger partial charge in [0.2, 0.25) is 0 Å². The molecule has 0 bridgehead atoms. The molecule has 0 saturated heterocycles. The second-order valence-electron chi connectivity index (χ2n) is 5.46. The Morgan fingerprint density at radius 2 is 1.60 bits per heavy atom. The smallest absolute Gasteiger partial charge is 0.0408 e. The minimum atomic E-state index is 0.321. The molecule has 0 amide bonds. The molecule has 2 atom stereocenters. The first-order valence-electron chi connectivity index (χ1n) is 6.90. The molecule has 0 saturated carbocycles. The molecule has 0 fully saturated rings. The van der Waals surface area contributed by atoms with Crippen molar-refractivity contribution in [3.05, 3.63) is 69.2 Å². The first kappa shape index (κ1) is 13.9. The summed E-state index contributed by atoms with van der Waals surface area (Å²) in [5.41, 5.74) is 4.05. The third kappa shape index (κ3) is 3.01. The molecular formula is C17H17Cl2N. The molecule has 0 heterocycles. The fourth-order valence-corrected chi connectivity index (χ4v) is 3.23. The molecule has 20 heavy (non-hydrogen) atoms. The predicted molar refractivity (Wildman–Crippen MR) is 85.7 cm³/mol. The van der Waals surface area contributed by atoms with Gasteiger partial charge in [0, 0.05) is 22.1 Å². The first-order valence-corrected chi connectivity index (χ1v) is 7.66. The van der Waals surface area contributed by atoms with Gasteiger partial charge in [0.25, 0.3) is 0 Å². The van der Waals surface area contributed by atoms with E-state index in [0.29, 0.717) is 12.1 Å². The number of nitrogens with one attached hydrogen (secondary N) is 1. The van der Waals surface area contributed by atoms with Crippen molar-refractivity contribution in [3.8, 4) is 0 Å². The monoisotopic (exact) mass is 305 g/mol. The third-order valence-corrected chi connectivity index (χ3v) is 4.44. The van der Waals surface area contributed by atoms with Crippen molar-refractivity contribution in [2.45, 2.75) is 31.8 Å². The highest BCUT2D eigenvalue weighted by Gasteiger charge is 2.23. The van der Waals surface area contributed by atoms with E-state index in [0.717, 1.165) is 22.9 Å². The Hall–Kier alpha value is -1.02. The van der Waals surface area contributed by atoms with Crippen LogP contribution in [0.15, 0.2) is 42.5 Å². The summed E-state index contributed by atoms with van der Waals surface area (Å²) in [4.78, 5) is 0. The minimum Gasteiger partial charge on any atom is -0.307 e. The maximum Gasteiger partial charge on any atom is 0.0408 e. The molecule has 0 spiro atoms. The molecule has 2 aromatic carbocycles. The largest absolute Gasteiger partial charge is 0.307 e. The highest BCUT2D eigenvalue weighted by atomic mass is 35.5. The molecular weight excluding hydrogens is 289 g/mol. The van der Waals surface area contributed by atoms with E-state index in [2.05, 4.69) is 36.5 Å². The van der Waals surface area contributed by atoms with Gasteiger partial charge in [0.05, 0.1) is 0 Å². The highest BCUT2D eigenvalue weighted by molar-refractivity contribution is 6.30. The molecule has 0 aromatic heterocycles. The zero-order chi connectivity index (χ0) is 14.1. The van der Waals surface area contributed by atoms with Crippen molar-refractivity contribution in [2.75, 3.05) is 0 Å². The molecule has 1 aliphatic rings. The van der Waals surface area contributed by atoms with Gasteiger partial charge >= 0.3 is 0 Å². The van der Waals surface area contributed by atoms with Crippen LogP contribution >= 0.6 is 23.2 Å². The van der Waals surface area contributed by atoms with Crippen LogP contribution < -0.4 is 5.32 Å². The van der Waals surface area contributed by atoms with Gasteiger partial charge in [-0.1, -0.05) is 41.4 Å². The van der Waals surface area contributed by atoms with Gasteiger partial charge in [0.1, 0.15) is 0 Å². The molecule has 1 aliphatic carbocycles. The van der Waals surface area contributed by atoms with E-state index >= 15 is 0 Å². The zero-order valence-electron chi connectivity index (χ0n) is 11.4. The average Bonchev–Trinajstić information content (AvgIpc) is 2.80. The summed E-state index contributed by atoms with van der Waals surface area (Å²) in [6.45, 7) is 2.19. The van der Waals surface area contributed by atoms with Crippen molar-refractivity contribution < 1.29 is 0 Å². The molecule has 1 N–H and O–H groups in total. The summed E-state index contributed by atoms with van der Waals surface area (Å²) in [5.74, 6) is 0. The van der Waals surface area contributed by atoms with Gasteiger partial charge in [-0.3, -0.25) is 0 Å². The van der Waals surface area contributed by atoms with Crippen LogP contribution in [0.1, 0.15) is 29.7 Å². The lowest BCUT2D eigenvalue weighted by molar-refractivity contribution is 0.467. The highest BCUT2D eigenvalue weighted by Crippen LogP contribution is 2.27. The fourth-order valence-electron chi connectivity index (χ4n) is 2.91. The minimum absolute atomic E-state index is 0.321. The van der Waals surface area contributed by atoms with E-state index in [9.17, 15) is 0 Å². The van der Waals surface area contributed by atoms with Crippen molar-refractivity contribution in [1.29, 1.82) is 0 Å². The van der Waals surface area contributed by atoms with Crippen molar-refractivity contribution in [3.63, 3.8) is 0 Å². The van der Waals surface area contributed by atoms with Gasteiger partial charge in [-0.2, -0.15) is 0 Å².